The molecule has 0 bridgehead atoms. The molecular formula is C42H42N2O9. The molecule has 1 aliphatic carbocycles. The number of hydrogen-bond acceptors (Lipinski definition) is 9. The number of allylic oxidation sites excluding steroid dienone is 1. The molecule has 0 saturated heterocycles. The van der Waals surface area contributed by atoms with Crippen LogP contribution in [0.25, 0.3) is 0 Å². The summed E-state index contributed by atoms with van der Waals surface area (Å²) in [6.07, 6.45) is -0.267. The highest BCUT2D eigenvalue weighted by molar-refractivity contribution is 5.81. The first-order chi connectivity index (χ1) is 25.6. The van der Waals surface area contributed by atoms with Gasteiger partial charge in [-0.15, -0.1) is 0 Å². The number of carbonyl (C=O) groups excluding carboxylic acids is 3. The summed E-state index contributed by atoms with van der Waals surface area (Å²) in [6, 6.07) is 30.1. The highest BCUT2D eigenvalue weighted by Crippen LogP contribution is 2.56. The van der Waals surface area contributed by atoms with Gasteiger partial charge in [0.25, 0.3) is 0 Å². The van der Waals surface area contributed by atoms with Crippen LogP contribution in [-0.4, -0.2) is 58.7 Å². The molecule has 0 spiro atoms. The van der Waals surface area contributed by atoms with Gasteiger partial charge in [0.1, 0.15) is 41.7 Å². The number of esters is 1. The molecule has 0 radical (unpaired) electrons. The molecule has 274 valence electrons. The van der Waals surface area contributed by atoms with Crippen LogP contribution in [0.5, 0.6) is 11.5 Å². The summed E-state index contributed by atoms with van der Waals surface area (Å²) in [4.78, 5) is 36.1. The summed E-state index contributed by atoms with van der Waals surface area (Å²) in [7, 11) is 3.32. The maximum absolute atomic E-state index is 12.5. The number of nitrogens with one attached hydrogen (secondary N) is 2. The van der Waals surface area contributed by atoms with E-state index in [1.54, 1.807) is 45.4 Å². The van der Waals surface area contributed by atoms with E-state index in [2.05, 4.69) is 30.4 Å². The number of methoxy groups -OCH3 is 2. The summed E-state index contributed by atoms with van der Waals surface area (Å²) in [5.74, 6) is 0.540. The quantitative estimate of drug-likeness (QED) is 0.0444. The minimum atomic E-state index is -1.08. The van der Waals surface area contributed by atoms with Gasteiger partial charge in [0, 0.05) is 20.3 Å². The Balaban J connectivity index is 1.42. The molecule has 0 unspecified atom stereocenters. The average molecular weight is 719 g/mol. The second kappa shape index (κ2) is 16.9. The first-order valence-electron chi connectivity index (χ1n) is 16.8. The molecule has 5 rings (SSSR count). The second-order valence-corrected chi connectivity index (χ2v) is 12.0. The molecule has 0 aromatic heterocycles. The molecule has 0 atom stereocenters. The van der Waals surface area contributed by atoms with Gasteiger partial charge in [-0.05, 0) is 70.1 Å². The number of rotatable bonds is 15. The van der Waals surface area contributed by atoms with Crippen molar-refractivity contribution in [1.82, 2.24) is 10.6 Å². The molecule has 2 N–H and O–H groups in total. The fourth-order valence-electron chi connectivity index (χ4n) is 6.40. The van der Waals surface area contributed by atoms with Gasteiger partial charge >= 0.3 is 18.2 Å². The first-order valence-corrected chi connectivity index (χ1v) is 16.8. The van der Waals surface area contributed by atoms with Crippen molar-refractivity contribution in [3.8, 4) is 11.5 Å². The van der Waals surface area contributed by atoms with Crippen molar-refractivity contribution in [3.05, 3.63) is 168 Å². The fourth-order valence-corrected chi connectivity index (χ4v) is 6.40. The Morgan fingerprint density at radius 1 is 0.623 bits per heavy atom. The largest absolute Gasteiger partial charge is 0.492 e. The molecule has 4 aromatic rings. The van der Waals surface area contributed by atoms with Gasteiger partial charge in [-0.2, -0.15) is 0 Å². The van der Waals surface area contributed by atoms with E-state index < -0.39 is 29.4 Å². The Hall–Kier alpha value is -6.17. The van der Waals surface area contributed by atoms with Crippen molar-refractivity contribution in [2.75, 3.05) is 40.5 Å². The van der Waals surface area contributed by atoms with Crippen LogP contribution in [0.3, 0.4) is 0 Å². The van der Waals surface area contributed by atoms with E-state index in [1.165, 1.54) is 0 Å². The van der Waals surface area contributed by atoms with Crippen molar-refractivity contribution in [2.45, 2.75) is 18.1 Å². The molecule has 2 amide bonds. The topological polar surface area (TPSA) is 131 Å². The van der Waals surface area contributed by atoms with E-state index in [9.17, 15) is 14.4 Å². The van der Waals surface area contributed by atoms with Gasteiger partial charge in [0.05, 0.1) is 13.1 Å². The SMILES string of the molecule is C=CC(=O)OCCNC(=O)Oc1ccc(C2(OC)c3ccccc3C(OC)(c3ccc(OC(=O)NCCOC(=C)C(=C)C)cc3)c3ccccc32)cc1. The lowest BCUT2D eigenvalue weighted by molar-refractivity contribution is -0.137. The van der Waals surface area contributed by atoms with Crippen LogP contribution in [0.15, 0.2) is 134 Å². The fraction of sp³-hybridized carbons (Fsp3) is 0.214. The Labute approximate surface area is 308 Å². The number of fused-ring (bicyclic) bond motifs is 2. The highest BCUT2D eigenvalue weighted by atomic mass is 16.6. The van der Waals surface area contributed by atoms with Crippen LogP contribution in [0.4, 0.5) is 9.59 Å². The maximum Gasteiger partial charge on any atom is 0.412 e. The van der Waals surface area contributed by atoms with E-state index in [-0.39, 0.29) is 26.3 Å². The highest BCUT2D eigenvalue weighted by Gasteiger charge is 2.53. The molecule has 53 heavy (non-hydrogen) atoms. The van der Waals surface area contributed by atoms with Crippen LogP contribution in [0.2, 0.25) is 0 Å². The van der Waals surface area contributed by atoms with Crippen LogP contribution < -0.4 is 20.1 Å². The Bertz CT molecular complexity index is 1940. The second-order valence-electron chi connectivity index (χ2n) is 12.0. The Kier molecular flexibility index (Phi) is 12.1. The zero-order chi connectivity index (χ0) is 38.0. The van der Waals surface area contributed by atoms with Gasteiger partial charge < -0.3 is 39.1 Å². The zero-order valence-electron chi connectivity index (χ0n) is 29.9. The van der Waals surface area contributed by atoms with Gasteiger partial charge in [0.2, 0.25) is 0 Å². The number of benzene rings is 4. The molecule has 1 aliphatic rings. The lowest BCUT2D eigenvalue weighted by atomic mass is 9.63. The van der Waals surface area contributed by atoms with E-state index >= 15 is 0 Å². The van der Waals surface area contributed by atoms with Crippen molar-refractivity contribution in [3.63, 3.8) is 0 Å². The van der Waals surface area contributed by atoms with E-state index in [0.29, 0.717) is 22.8 Å². The van der Waals surface area contributed by atoms with Crippen LogP contribution >= 0.6 is 0 Å². The van der Waals surface area contributed by atoms with Gasteiger partial charge in [-0.3, -0.25) is 0 Å². The van der Waals surface area contributed by atoms with E-state index in [4.69, 9.17) is 28.4 Å². The summed E-state index contributed by atoms with van der Waals surface area (Å²) in [5.41, 5.74) is 3.55. The zero-order valence-corrected chi connectivity index (χ0v) is 29.9. The molecule has 0 aliphatic heterocycles. The third-order valence-electron chi connectivity index (χ3n) is 8.83. The standard InChI is InChI=1S/C42H42N2O9/c1-7-38(45)51-27-25-44-40(47)53-33-22-18-31(19-23-33)42(49-6)36-14-10-8-12-34(36)41(48-5,35-13-9-11-15-37(35)42)30-16-20-32(21-17-30)52-39(46)43-24-26-50-29(4)28(2)3/h7-23H,1-2,4,24-27H2,3,5-6H3,(H,43,46)(H,44,47). The van der Waals surface area contributed by atoms with Gasteiger partial charge in [0.15, 0.2) is 0 Å². The molecule has 11 heteroatoms. The summed E-state index contributed by atoms with van der Waals surface area (Å²) < 4.78 is 34.4. The predicted molar refractivity (Wildman–Crippen MR) is 199 cm³/mol. The Morgan fingerprint density at radius 3 is 1.34 bits per heavy atom. The predicted octanol–water partition coefficient (Wildman–Crippen LogP) is 6.89. The van der Waals surface area contributed by atoms with Crippen molar-refractivity contribution >= 4 is 18.2 Å². The van der Waals surface area contributed by atoms with Crippen molar-refractivity contribution in [2.24, 2.45) is 0 Å². The lowest BCUT2D eigenvalue weighted by Gasteiger charge is -2.48. The van der Waals surface area contributed by atoms with Gasteiger partial charge in [-0.1, -0.05) is 92.5 Å². The maximum atomic E-state index is 12.5. The molecule has 0 heterocycles. The summed E-state index contributed by atoms with van der Waals surface area (Å²) in [6.45, 7) is 13.2. The van der Waals surface area contributed by atoms with Crippen LogP contribution in [0, 0.1) is 0 Å². The molecule has 4 aromatic carbocycles. The normalized spacial score (nSPS) is 16.9. The van der Waals surface area contributed by atoms with Crippen molar-refractivity contribution in [1.29, 1.82) is 0 Å². The minimum absolute atomic E-state index is 0.0175. The minimum Gasteiger partial charge on any atom is -0.492 e. The smallest absolute Gasteiger partial charge is 0.412 e. The molecule has 0 fully saturated rings. The first kappa shape index (κ1) is 38.1. The average Bonchev–Trinajstić information content (AvgIpc) is 3.18. The van der Waals surface area contributed by atoms with E-state index in [1.807, 2.05) is 72.8 Å². The van der Waals surface area contributed by atoms with Gasteiger partial charge in [-0.25, -0.2) is 14.4 Å². The third kappa shape index (κ3) is 7.86. The number of hydrogen-bond donors (Lipinski definition) is 2. The number of amides is 2. The molecule has 11 nitrogen and oxygen atoms in total. The third-order valence-corrected chi connectivity index (χ3v) is 8.83. The monoisotopic (exact) mass is 718 g/mol. The van der Waals surface area contributed by atoms with E-state index in [0.717, 1.165) is 39.5 Å². The van der Waals surface area contributed by atoms with Crippen LogP contribution in [-0.2, 0) is 34.9 Å². The summed E-state index contributed by atoms with van der Waals surface area (Å²) >= 11 is 0. The molecular weight excluding hydrogens is 676 g/mol. The molecule has 0 saturated carbocycles. The summed E-state index contributed by atoms with van der Waals surface area (Å²) in [5, 5.41) is 5.21. The Morgan fingerprint density at radius 2 is 1.00 bits per heavy atom. The van der Waals surface area contributed by atoms with Crippen molar-refractivity contribution < 1.29 is 42.8 Å². The number of ether oxygens (including phenoxy) is 6. The lowest BCUT2D eigenvalue weighted by Crippen LogP contribution is -2.46. The van der Waals surface area contributed by atoms with Crippen LogP contribution in [0.1, 0.15) is 40.3 Å². The number of carbonyl (C=O) groups is 3.